The molecule has 0 aliphatic carbocycles. The van der Waals surface area contributed by atoms with E-state index in [2.05, 4.69) is 99.3 Å². The summed E-state index contributed by atoms with van der Waals surface area (Å²) in [6.07, 6.45) is 0.724. The Morgan fingerprint density at radius 3 is 1.31 bits per heavy atom. The predicted octanol–water partition coefficient (Wildman–Crippen LogP) is 4.61. The van der Waals surface area contributed by atoms with E-state index >= 15 is 0 Å². The number of thiol groups is 1. The SMILES string of the molecule is CCC(C)(C(=O)S)[P+](c1ccccc1)(c1ccccc1)c1ccccc1. The van der Waals surface area contributed by atoms with Gasteiger partial charge in [-0.3, -0.25) is 4.79 Å². The summed E-state index contributed by atoms with van der Waals surface area (Å²) in [5, 5.41) is 2.99. The molecule has 0 amide bonds. The first-order valence-corrected chi connectivity index (χ1v) is 11.1. The van der Waals surface area contributed by atoms with Crippen LogP contribution in [0.5, 0.6) is 0 Å². The first kappa shape index (κ1) is 18.9. The van der Waals surface area contributed by atoms with Gasteiger partial charge in [0.2, 0.25) is 5.12 Å². The number of benzene rings is 3. The molecule has 0 radical (unpaired) electrons. The summed E-state index contributed by atoms with van der Waals surface area (Å²) in [6.45, 7) is 4.18. The molecule has 0 aliphatic heterocycles. The second kappa shape index (κ2) is 7.78. The molecule has 0 fully saturated rings. The summed E-state index contributed by atoms with van der Waals surface area (Å²) in [5.41, 5.74) is 0. The van der Waals surface area contributed by atoms with E-state index in [1.54, 1.807) is 0 Å². The molecular weight excluding hydrogens is 355 g/mol. The fraction of sp³-hybridized carbons (Fsp3) is 0.174. The van der Waals surface area contributed by atoms with Gasteiger partial charge in [0.1, 0.15) is 23.2 Å². The van der Waals surface area contributed by atoms with Gasteiger partial charge in [-0.2, -0.15) is 0 Å². The molecule has 0 saturated heterocycles. The van der Waals surface area contributed by atoms with Crippen molar-refractivity contribution in [2.24, 2.45) is 0 Å². The van der Waals surface area contributed by atoms with Crippen molar-refractivity contribution in [3.8, 4) is 0 Å². The summed E-state index contributed by atoms with van der Waals surface area (Å²) < 4.78 is 0. The minimum absolute atomic E-state index is 0.0510. The van der Waals surface area contributed by atoms with Crippen LogP contribution in [0.3, 0.4) is 0 Å². The van der Waals surface area contributed by atoms with Crippen molar-refractivity contribution in [2.75, 3.05) is 0 Å². The van der Waals surface area contributed by atoms with Gasteiger partial charge in [-0.05, 0) is 49.7 Å². The van der Waals surface area contributed by atoms with Crippen LogP contribution in [0.25, 0.3) is 0 Å². The lowest BCUT2D eigenvalue weighted by Crippen LogP contribution is -2.49. The molecule has 0 N–H and O–H groups in total. The number of hydrogen-bond donors (Lipinski definition) is 1. The Balaban J connectivity index is 2.50. The molecule has 0 saturated carbocycles. The van der Waals surface area contributed by atoms with Gasteiger partial charge in [0.05, 0.1) is 0 Å². The highest BCUT2D eigenvalue weighted by molar-refractivity contribution is 8.03. The highest BCUT2D eigenvalue weighted by atomic mass is 32.1. The van der Waals surface area contributed by atoms with E-state index in [1.807, 2.05) is 18.2 Å². The fourth-order valence-corrected chi connectivity index (χ4v) is 9.62. The Kier molecular flexibility index (Phi) is 5.65. The fourth-order valence-electron chi connectivity index (χ4n) is 3.79. The zero-order valence-corrected chi connectivity index (χ0v) is 17.0. The minimum atomic E-state index is -2.26. The number of carbonyl (C=O) groups is 1. The molecule has 1 atom stereocenters. The van der Waals surface area contributed by atoms with E-state index in [1.165, 1.54) is 15.9 Å². The summed E-state index contributed by atoms with van der Waals surface area (Å²) in [4.78, 5) is 13.0. The number of hydrogen-bond acceptors (Lipinski definition) is 1. The average molecular weight is 379 g/mol. The van der Waals surface area contributed by atoms with Crippen molar-refractivity contribution in [3.63, 3.8) is 0 Å². The van der Waals surface area contributed by atoms with Gasteiger partial charge in [-0.25, -0.2) is 0 Å². The van der Waals surface area contributed by atoms with Crippen LogP contribution in [-0.4, -0.2) is 10.3 Å². The van der Waals surface area contributed by atoms with Gasteiger partial charge >= 0.3 is 0 Å². The lowest BCUT2D eigenvalue weighted by Gasteiger charge is -2.40. The van der Waals surface area contributed by atoms with Crippen LogP contribution in [0, 0.1) is 0 Å². The molecule has 1 unspecified atom stereocenters. The second-order valence-corrected chi connectivity index (χ2v) is 10.9. The van der Waals surface area contributed by atoms with E-state index in [4.69, 9.17) is 0 Å². The Labute approximate surface area is 162 Å². The standard InChI is InChI=1S/C23H23OPS/c1-3-23(2,22(24)26)25(19-13-7-4-8-14-19,20-15-9-5-10-16-20)21-17-11-6-12-18-21/h4-18H,3H2,1-2H3/p+1. The van der Waals surface area contributed by atoms with Gasteiger partial charge < -0.3 is 0 Å². The molecule has 3 heteroatoms. The van der Waals surface area contributed by atoms with Crippen LogP contribution in [0.4, 0.5) is 0 Å². The maximum Gasteiger partial charge on any atom is 0.230 e. The van der Waals surface area contributed by atoms with Crippen molar-refractivity contribution in [1.82, 2.24) is 0 Å². The van der Waals surface area contributed by atoms with E-state index in [-0.39, 0.29) is 5.12 Å². The van der Waals surface area contributed by atoms with Crippen LogP contribution < -0.4 is 15.9 Å². The summed E-state index contributed by atoms with van der Waals surface area (Å²) >= 11 is 4.39. The van der Waals surface area contributed by atoms with Crippen molar-refractivity contribution in [1.29, 1.82) is 0 Å². The van der Waals surface area contributed by atoms with E-state index in [9.17, 15) is 4.79 Å². The van der Waals surface area contributed by atoms with Gasteiger partial charge in [0.15, 0.2) is 5.16 Å². The number of rotatable bonds is 6. The zero-order chi connectivity index (χ0) is 18.6. The Hall–Kier alpha value is -1.89. The summed E-state index contributed by atoms with van der Waals surface area (Å²) in [5.74, 6) is 0. The topological polar surface area (TPSA) is 17.1 Å². The molecule has 26 heavy (non-hydrogen) atoms. The minimum Gasteiger partial charge on any atom is -0.283 e. The van der Waals surface area contributed by atoms with E-state index < -0.39 is 12.4 Å². The molecule has 1 nitrogen and oxygen atoms in total. The Bertz CT molecular complexity index is 768. The third kappa shape index (κ3) is 2.92. The lowest BCUT2D eigenvalue weighted by molar-refractivity contribution is -0.112. The quantitative estimate of drug-likeness (QED) is 0.489. The molecule has 0 bridgehead atoms. The zero-order valence-electron chi connectivity index (χ0n) is 15.2. The molecule has 3 rings (SSSR count). The summed E-state index contributed by atoms with van der Waals surface area (Å²) in [7, 11) is -2.26. The normalized spacial score (nSPS) is 13.8. The maximum atomic E-state index is 13.0. The average Bonchev–Trinajstić information content (AvgIpc) is 2.70. The molecule has 132 valence electrons. The smallest absolute Gasteiger partial charge is 0.230 e. The van der Waals surface area contributed by atoms with Crippen molar-refractivity contribution >= 4 is 40.9 Å². The summed E-state index contributed by atoms with van der Waals surface area (Å²) in [6, 6.07) is 31.5. The van der Waals surface area contributed by atoms with Crippen LogP contribution in [-0.2, 0) is 4.79 Å². The lowest BCUT2D eigenvalue weighted by atomic mass is 10.1. The molecule has 0 heterocycles. The van der Waals surface area contributed by atoms with E-state index in [0.717, 1.165) is 6.42 Å². The van der Waals surface area contributed by atoms with Crippen molar-refractivity contribution < 1.29 is 4.79 Å². The predicted molar refractivity (Wildman–Crippen MR) is 118 cm³/mol. The maximum absolute atomic E-state index is 13.0. The first-order chi connectivity index (χ1) is 12.6. The van der Waals surface area contributed by atoms with Gasteiger partial charge in [-0.15, -0.1) is 12.6 Å². The third-order valence-corrected chi connectivity index (χ3v) is 11.2. The highest BCUT2D eigenvalue weighted by Crippen LogP contribution is 2.67. The Morgan fingerprint density at radius 2 is 1.08 bits per heavy atom. The molecule has 0 aliphatic rings. The van der Waals surface area contributed by atoms with Gasteiger partial charge in [0.25, 0.3) is 0 Å². The second-order valence-electron chi connectivity index (χ2n) is 6.61. The molecule has 0 aromatic heterocycles. The van der Waals surface area contributed by atoms with Crippen molar-refractivity contribution in [2.45, 2.75) is 25.4 Å². The van der Waals surface area contributed by atoms with Crippen LogP contribution >= 0.6 is 19.9 Å². The monoisotopic (exact) mass is 379 g/mol. The first-order valence-electron chi connectivity index (χ1n) is 8.86. The van der Waals surface area contributed by atoms with Gasteiger partial charge in [0, 0.05) is 0 Å². The molecule has 0 spiro atoms. The van der Waals surface area contributed by atoms with Crippen LogP contribution in [0.1, 0.15) is 20.3 Å². The largest absolute Gasteiger partial charge is 0.283 e. The number of carbonyl (C=O) groups excluding carboxylic acids is 1. The Morgan fingerprint density at radius 1 is 0.769 bits per heavy atom. The third-order valence-electron chi connectivity index (χ3n) is 5.32. The molecule has 3 aromatic carbocycles. The van der Waals surface area contributed by atoms with Crippen LogP contribution in [0.15, 0.2) is 91.0 Å². The highest BCUT2D eigenvalue weighted by Gasteiger charge is 2.62. The molecular formula is C23H24OPS+. The van der Waals surface area contributed by atoms with Crippen LogP contribution in [0.2, 0.25) is 0 Å². The van der Waals surface area contributed by atoms with Gasteiger partial charge in [-0.1, -0.05) is 61.5 Å². The molecule has 3 aromatic rings. The van der Waals surface area contributed by atoms with E-state index in [0.29, 0.717) is 0 Å². The van der Waals surface area contributed by atoms with Crippen molar-refractivity contribution in [3.05, 3.63) is 91.0 Å².